The Hall–Kier alpha value is -1.76. The Bertz CT molecular complexity index is 511. The molecule has 0 bridgehead atoms. The van der Waals surface area contributed by atoms with Crippen LogP contribution in [0.2, 0.25) is 0 Å². The molecule has 0 fully saturated rings. The zero-order chi connectivity index (χ0) is 14.9. The number of aromatic nitrogens is 3. The standard InChI is InChI=1S/C15H22N4O2/c1-20-15(21-2)14-11-18-12-19(14)8-4-7-17-10-13-5-3-6-16-9-13/h3,5-6,9,11-12,15,17H,4,7-8,10H2,1-2H3. The zero-order valence-electron chi connectivity index (χ0n) is 12.5. The maximum absolute atomic E-state index is 5.26. The van der Waals surface area contributed by atoms with Gasteiger partial charge in [-0.05, 0) is 24.6 Å². The molecule has 0 spiro atoms. The van der Waals surface area contributed by atoms with Crippen LogP contribution < -0.4 is 5.32 Å². The van der Waals surface area contributed by atoms with Gasteiger partial charge >= 0.3 is 0 Å². The molecule has 0 aromatic carbocycles. The van der Waals surface area contributed by atoms with Crippen molar-refractivity contribution in [3.8, 4) is 0 Å². The molecule has 2 aromatic rings. The lowest BCUT2D eigenvalue weighted by molar-refractivity contribution is -0.110. The number of hydrogen-bond donors (Lipinski definition) is 1. The van der Waals surface area contributed by atoms with E-state index in [0.29, 0.717) is 0 Å². The summed E-state index contributed by atoms with van der Waals surface area (Å²) >= 11 is 0. The molecule has 0 radical (unpaired) electrons. The molecular formula is C15H22N4O2. The highest BCUT2D eigenvalue weighted by atomic mass is 16.7. The summed E-state index contributed by atoms with van der Waals surface area (Å²) in [5, 5.41) is 3.40. The molecule has 0 amide bonds. The lowest BCUT2D eigenvalue weighted by atomic mass is 10.3. The van der Waals surface area contributed by atoms with Gasteiger partial charge in [-0.15, -0.1) is 0 Å². The van der Waals surface area contributed by atoms with Gasteiger partial charge in [-0.1, -0.05) is 6.07 Å². The third kappa shape index (κ3) is 4.63. The second-order valence-corrected chi connectivity index (χ2v) is 4.71. The van der Waals surface area contributed by atoms with Gasteiger partial charge in [0.05, 0.1) is 18.2 Å². The first kappa shape index (κ1) is 15.6. The minimum Gasteiger partial charge on any atom is -0.350 e. The van der Waals surface area contributed by atoms with Crippen molar-refractivity contribution < 1.29 is 9.47 Å². The van der Waals surface area contributed by atoms with Crippen LogP contribution in [0.4, 0.5) is 0 Å². The Balaban J connectivity index is 1.73. The molecule has 21 heavy (non-hydrogen) atoms. The van der Waals surface area contributed by atoms with E-state index in [1.54, 1.807) is 26.6 Å². The predicted octanol–water partition coefficient (Wildman–Crippen LogP) is 1.75. The van der Waals surface area contributed by atoms with Crippen molar-refractivity contribution in [2.75, 3.05) is 20.8 Å². The predicted molar refractivity (Wildman–Crippen MR) is 79.5 cm³/mol. The molecule has 2 aromatic heterocycles. The number of nitrogens with zero attached hydrogens (tertiary/aromatic N) is 3. The minimum absolute atomic E-state index is 0.365. The maximum atomic E-state index is 5.26. The molecule has 0 saturated carbocycles. The summed E-state index contributed by atoms with van der Waals surface area (Å²) in [6, 6.07) is 4.01. The van der Waals surface area contributed by atoms with Crippen LogP contribution in [0.15, 0.2) is 37.1 Å². The highest BCUT2D eigenvalue weighted by molar-refractivity contribution is 5.07. The summed E-state index contributed by atoms with van der Waals surface area (Å²) in [6.45, 7) is 2.64. The molecule has 0 aliphatic heterocycles. The Morgan fingerprint density at radius 1 is 1.24 bits per heavy atom. The molecular weight excluding hydrogens is 268 g/mol. The average Bonchev–Trinajstić information content (AvgIpc) is 2.98. The number of aryl methyl sites for hydroxylation is 1. The summed E-state index contributed by atoms with van der Waals surface area (Å²) in [4.78, 5) is 8.25. The van der Waals surface area contributed by atoms with E-state index in [0.717, 1.165) is 31.7 Å². The van der Waals surface area contributed by atoms with Crippen molar-refractivity contribution in [3.05, 3.63) is 48.3 Å². The van der Waals surface area contributed by atoms with Crippen LogP contribution in [-0.4, -0.2) is 35.3 Å². The van der Waals surface area contributed by atoms with Crippen molar-refractivity contribution in [1.82, 2.24) is 19.9 Å². The fraction of sp³-hybridized carbons (Fsp3) is 0.467. The van der Waals surface area contributed by atoms with E-state index in [1.165, 1.54) is 5.56 Å². The summed E-state index contributed by atoms with van der Waals surface area (Å²) in [5.41, 5.74) is 2.13. The molecule has 2 rings (SSSR count). The lowest BCUT2D eigenvalue weighted by Gasteiger charge is -2.15. The van der Waals surface area contributed by atoms with Gasteiger partial charge in [-0.25, -0.2) is 4.98 Å². The van der Waals surface area contributed by atoms with Crippen LogP contribution in [-0.2, 0) is 22.6 Å². The summed E-state index contributed by atoms with van der Waals surface area (Å²) in [6.07, 6.45) is 7.89. The van der Waals surface area contributed by atoms with Gasteiger partial charge in [0.25, 0.3) is 0 Å². The largest absolute Gasteiger partial charge is 0.350 e. The van der Waals surface area contributed by atoms with Crippen LogP contribution in [0.5, 0.6) is 0 Å². The van der Waals surface area contributed by atoms with E-state index >= 15 is 0 Å². The highest BCUT2D eigenvalue weighted by Crippen LogP contribution is 2.16. The number of ether oxygens (including phenoxy) is 2. The van der Waals surface area contributed by atoms with E-state index in [1.807, 2.05) is 18.6 Å². The van der Waals surface area contributed by atoms with Crippen molar-refractivity contribution in [2.24, 2.45) is 0 Å². The normalized spacial score (nSPS) is 11.2. The molecule has 6 heteroatoms. The Labute approximate surface area is 125 Å². The third-order valence-corrected chi connectivity index (χ3v) is 3.22. The van der Waals surface area contributed by atoms with E-state index in [4.69, 9.17) is 9.47 Å². The fourth-order valence-electron chi connectivity index (χ4n) is 2.16. The van der Waals surface area contributed by atoms with Crippen molar-refractivity contribution in [3.63, 3.8) is 0 Å². The molecule has 6 nitrogen and oxygen atoms in total. The fourth-order valence-corrected chi connectivity index (χ4v) is 2.16. The van der Waals surface area contributed by atoms with E-state index in [-0.39, 0.29) is 6.29 Å². The van der Waals surface area contributed by atoms with Gasteiger partial charge in [-0.2, -0.15) is 0 Å². The first-order valence-electron chi connectivity index (χ1n) is 7.00. The molecule has 1 N–H and O–H groups in total. The summed E-state index contributed by atoms with van der Waals surface area (Å²) in [5.74, 6) is 0. The minimum atomic E-state index is -0.365. The molecule has 0 unspecified atom stereocenters. The maximum Gasteiger partial charge on any atom is 0.200 e. The number of imidazole rings is 1. The Kier molecular flexibility index (Phi) is 6.33. The Morgan fingerprint density at radius 2 is 2.10 bits per heavy atom. The van der Waals surface area contributed by atoms with Crippen LogP contribution in [0, 0.1) is 0 Å². The number of rotatable bonds is 9. The number of methoxy groups -OCH3 is 2. The van der Waals surface area contributed by atoms with Crippen LogP contribution in [0.1, 0.15) is 24.0 Å². The number of nitrogens with one attached hydrogen (secondary N) is 1. The third-order valence-electron chi connectivity index (χ3n) is 3.22. The van der Waals surface area contributed by atoms with Gasteiger partial charge in [0, 0.05) is 39.7 Å². The van der Waals surface area contributed by atoms with Gasteiger partial charge in [0.2, 0.25) is 0 Å². The van der Waals surface area contributed by atoms with Crippen LogP contribution in [0.3, 0.4) is 0 Å². The molecule has 0 atom stereocenters. The molecule has 0 saturated heterocycles. The van der Waals surface area contributed by atoms with E-state index < -0.39 is 0 Å². The SMILES string of the molecule is COC(OC)c1cncn1CCCNCc1cccnc1. The van der Waals surface area contributed by atoms with Gasteiger partial charge in [0.1, 0.15) is 0 Å². The molecule has 0 aliphatic carbocycles. The van der Waals surface area contributed by atoms with E-state index in [2.05, 4.69) is 25.9 Å². The monoisotopic (exact) mass is 290 g/mol. The van der Waals surface area contributed by atoms with Crippen molar-refractivity contribution in [1.29, 1.82) is 0 Å². The first-order valence-corrected chi connectivity index (χ1v) is 7.00. The molecule has 0 aliphatic rings. The van der Waals surface area contributed by atoms with Crippen molar-refractivity contribution in [2.45, 2.75) is 25.8 Å². The zero-order valence-corrected chi connectivity index (χ0v) is 12.5. The Morgan fingerprint density at radius 3 is 2.81 bits per heavy atom. The lowest BCUT2D eigenvalue weighted by Crippen LogP contribution is -2.18. The van der Waals surface area contributed by atoms with Gasteiger partial charge < -0.3 is 19.4 Å². The summed E-state index contributed by atoms with van der Waals surface area (Å²) < 4.78 is 12.6. The molecule has 114 valence electrons. The average molecular weight is 290 g/mol. The van der Waals surface area contributed by atoms with Gasteiger partial charge in [0.15, 0.2) is 6.29 Å². The van der Waals surface area contributed by atoms with Crippen LogP contribution in [0.25, 0.3) is 0 Å². The first-order chi connectivity index (χ1) is 10.3. The summed E-state index contributed by atoms with van der Waals surface area (Å²) in [7, 11) is 3.25. The van der Waals surface area contributed by atoms with E-state index in [9.17, 15) is 0 Å². The quantitative estimate of drug-likeness (QED) is 0.563. The second kappa shape index (κ2) is 8.51. The van der Waals surface area contributed by atoms with Gasteiger partial charge in [-0.3, -0.25) is 4.98 Å². The molecule has 2 heterocycles. The highest BCUT2D eigenvalue weighted by Gasteiger charge is 2.13. The second-order valence-electron chi connectivity index (χ2n) is 4.71. The smallest absolute Gasteiger partial charge is 0.200 e. The van der Waals surface area contributed by atoms with Crippen molar-refractivity contribution >= 4 is 0 Å². The number of hydrogen-bond acceptors (Lipinski definition) is 5. The topological polar surface area (TPSA) is 61.2 Å². The number of pyridine rings is 1. The van der Waals surface area contributed by atoms with Crippen LogP contribution >= 0.6 is 0 Å².